The Balaban J connectivity index is 1.93. The summed E-state index contributed by atoms with van der Waals surface area (Å²) in [6, 6.07) is 22.0. The lowest BCUT2D eigenvalue weighted by Gasteiger charge is -2.09. The zero-order valence-electron chi connectivity index (χ0n) is 12.3. The molecular formula is C20H15N2. The molecule has 0 saturated carbocycles. The number of nitrogens with one attached hydrogen (secondary N) is 1. The van der Waals surface area contributed by atoms with Crippen molar-refractivity contribution in [2.45, 2.75) is 6.92 Å². The second kappa shape index (κ2) is 5.15. The summed E-state index contributed by atoms with van der Waals surface area (Å²) in [6.07, 6.45) is 3.79. The Morgan fingerprint density at radius 3 is 2.77 bits per heavy atom. The number of aromatic nitrogens is 2. The average Bonchev–Trinajstić information content (AvgIpc) is 3.03. The molecule has 2 aromatic heterocycles. The first-order valence-electron chi connectivity index (χ1n) is 7.32. The Bertz CT molecular complexity index is 936. The largest absolute Gasteiger partial charge is 0.361 e. The Labute approximate surface area is 129 Å². The number of hydrogen-bond donors (Lipinski definition) is 1. The predicted molar refractivity (Wildman–Crippen MR) is 90.5 cm³/mol. The Kier molecular flexibility index (Phi) is 3.01. The third-order valence-corrected chi connectivity index (χ3v) is 3.86. The summed E-state index contributed by atoms with van der Waals surface area (Å²) >= 11 is 0. The van der Waals surface area contributed by atoms with Gasteiger partial charge in [0, 0.05) is 34.9 Å². The van der Waals surface area contributed by atoms with E-state index in [0.29, 0.717) is 0 Å². The van der Waals surface area contributed by atoms with Crippen molar-refractivity contribution in [3.8, 4) is 22.4 Å². The summed E-state index contributed by atoms with van der Waals surface area (Å²) in [5, 5.41) is 1.24. The van der Waals surface area contributed by atoms with Gasteiger partial charge in [0.2, 0.25) is 0 Å². The Hall–Kier alpha value is -2.87. The standard InChI is InChI=1S/C20H15N2/c1-14-11-15(13-16(12-14)19-6-2-3-9-21-19)17-5-4-7-20-18(17)8-10-22-20/h2-5,7-13,22H,1H3. The third kappa shape index (κ3) is 2.19. The van der Waals surface area contributed by atoms with Crippen LogP contribution in [0.15, 0.2) is 67.0 Å². The molecule has 2 aromatic carbocycles. The fraction of sp³-hybridized carbons (Fsp3) is 0.0500. The van der Waals surface area contributed by atoms with Crippen LogP contribution in [0.5, 0.6) is 0 Å². The normalized spacial score (nSPS) is 11.0. The summed E-state index contributed by atoms with van der Waals surface area (Å²) in [6.45, 7) is 2.12. The highest BCUT2D eigenvalue weighted by Gasteiger charge is 2.08. The third-order valence-electron chi connectivity index (χ3n) is 3.86. The van der Waals surface area contributed by atoms with Crippen molar-refractivity contribution in [1.82, 2.24) is 9.97 Å². The first-order valence-corrected chi connectivity index (χ1v) is 7.32. The van der Waals surface area contributed by atoms with Crippen LogP contribution in [0, 0.1) is 13.0 Å². The minimum atomic E-state index is 0.883. The maximum Gasteiger partial charge on any atom is 0.0781 e. The van der Waals surface area contributed by atoms with Crippen LogP contribution >= 0.6 is 0 Å². The molecule has 105 valence electrons. The van der Waals surface area contributed by atoms with Crippen LogP contribution in [0.2, 0.25) is 0 Å². The van der Waals surface area contributed by atoms with E-state index in [1.165, 1.54) is 22.1 Å². The number of rotatable bonds is 2. The van der Waals surface area contributed by atoms with E-state index < -0.39 is 0 Å². The quantitative estimate of drug-likeness (QED) is 0.550. The number of pyridine rings is 1. The summed E-state index contributed by atoms with van der Waals surface area (Å²) in [5.41, 5.74) is 6.81. The summed E-state index contributed by atoms with van der Waals surface area (Å²) in [5.74, 6) is 0. The molecule has 0 atom stereocenters. The lowest BCUT2D eigenvalue weighted by Crippen LogP contribution is -1.87. The van der Waals surface area contributed by atoms with E-state index in [1.54, 1.807) is 6.20 Å². The highest BCUT2D eigenvalue weighted by molar-refractivity contribution is 5.95. The van der Waals surface area contributed by atoms with Gasteiger partial charge in [-0.15, -0.1) is 0 Å². The number of aromatic amines is 1. The van der Waals surface area contributed by atoms with Gasteiger partial charge in [-0.2, -0.15) is 0 Å². The van der Waals surface area contributed by atoms with Crippen molar-refractivity contribution >= 4 is 10.9 Å². The molecule has 0 spiro atoms. The van der Waals surface area contributed by atoms with Gasteiger partial charge in [0.15, 0.2) is 0 Å². The molecule has 4 rings (SSSR count). The number of hydrogen-bond acceptors (Lipinski definition) is 1. The van der Waals surface area contributed by atoms with Gasteiger partial charge >= 0.3 is 0 Å². The average molecular weight is 283 g/mol. The smallest absolute Gasteiger partial charge is 0.0781 e. The molecule has 0 bridgehead atoms. The lowest BCUT2D eigenvalue weighted by atomic mass is 9.96. The van der Waals surface area contributed by atoms with E-state index in [1.807, 2.05) is 18.3 Å². The number of aryl methyl sites for hydroxylation is 1. The van der Waals surface area contributed by atoms with Gasteiger partial charge < -0.3 is 4.98 Å². The first kappa shape index (κ1) is 12.8. The van der Waals surface area contributed by atoms with Gasteiger partial charge in [-0.1, -0.05) is 24.3 Å². The second-order valence-electron chi connectivity index (χ2n) is 5.46. The number of nitrogens with zero attached hydrogens (tertiary/aromatic N) is 1. The molecule has 1 radical (unpaired) electrons. The number of fused-ring (bicyclic) bond motifs is 1. The van der Waals surface area contributed by atoms with Gasteiger partial charge in [-0.25, -0.2) is 0 Å². The maximum absolute atomic E-state index is 4.42. The van der Waals surface area contributed by atoms with Gasteiger partial charge in [-0.3, -0.25) is 4.98 Å². The molecule has 0 fully saturated rings. The molecule has 4 aromatic rings. The summed E-state index contributed by atoms with van der Waals surface area (Å²) in [7, 11) is 0. The van der Waals surface area contributed by atoms with Gasteiger partial charge in [0.05, 0.1) is 5.69 Å². The maximum atomic E-state index is 4.42. The van der Waals surface area contributed by atoms with Crippen molar-refractivity contribution in [1.29, 1.82) is 0 Å². The minimum absolute atomic E-state index is 0.883. The van der Waals surface area contributed by atoms with E-state index in [2.05, 4.69) is 65.4 Å². The summed E-state index contributed by atoms with van der Waals surface area (Å²) < 4.78 is 0. The minimum Gasteiger partial charge on any atom is -0.361 e. The Morgan fingerprint density at radius 1 is 1.00 bits per heavy atom. The fourth-order valence-electron chi connectivity index (χ4n) is 2.90. The van der Waals surface area contributed by atoms with Crippen LogP contribution in [0.25, 0.3) is 33.3 Å². The second-order valence-corrected chi connectivity index (χ2v) is 5.46. The molecular weight excluding hydrogens is 268 g/mol. The molecule has 0 aliphatic carbocycles. The van der Waals surface area contributed by atoms with Crippen LogP contribution in [-0.2, 0) is 0 Å². The van der Waals surface area contributed by atoms with E-state index >= 15 is 0 Å². The zero-order chi connectivity index (χ0) is 14.9. The highest BCUT2D eigenvalue weighted by atomic mass is 14.7. The van der Waals surface area contributed by atoms with Gasteiger partial charge in [0.1, 0.15) is 0 Å². The monoisotopic (exact) mass is 283 g/mol. The van der Waals surface area contributed by atoms with Crippen LogP contribution < -0.4 is 0 Å². The lowest BCUT2D eigenvalue weighted by molar-refractivity contribution is 1.31. The fourth-order valence-corrected chi connectivity index (χ4v) is 2.90. The highest BCUT2D eigenvalue weighted by Crippen LogP contribution is 2.31. The van der Waals surface area contributed by atoms with E-state index in [-0.39, 0.29) is 0 Å². The van der Waals surface area contributed by atoms with Crippen LogP contribution in [0.4, 0.5) is 0 Å². The molecule has 1 N–H and O–H groups in total. The van der Waals surface area contributed by atoms with E-state index in [0.717, 1.165) is 16.8 Å². The van der Waals surface area contributed by atoms with Gasteiger partial charge in [0.25, 0.3) is 0 Å². The predicted octanol–water partition coefficient (Wildman–Crippen LogP) is 5.01. The number of H-pyrrole nitrogens is 1. The zero-order valence-corrected chi connectivity index (χ0v) is 12.3. The van der Waals surface area contributed by atoms with Crippen LogP contribution in [0.3, 0.4) is 0 Å². The SMILES string of the molecule is Cc1cc(-c2[c]cccn2)cc(-c2cccc3[nH]ccc23)c1. The van der Waals surface area contributed by atoms with Crippen molar-refractivity contribution in [3.63, 3.8) is 0 Å². The molecule has 2 nitrogen and oxygen atoms in total. The number of benzene rings is 2. The summed E-state index contributed by atoms with van der Waals surface area (Å²) in [4.78, 5) is 7.69. The topological polar surface area (TPSA) is 28.7 Å². The molecule has 0 unspecified atom stereocenters. The molecule has 2 heteroatoms. The molecule has 0 saturated heterocycles. The van der Waals surface area contributed by atoms with Crippen molar-refractivity contribution < 1.29 is 0 Å². The molecule has 0 amide bonds. The van der Waals surface area contributed by atoms with Crippen LogP contribution in [0.1, 0.15) is 5.56 Å². The van der Waals surface area contributed by atoms with Crippen molar-refractivity contribution in [2.75, 3.05) is 0 Å². The molecule has 0 aliphatic heterocycles. The molecule has 2 heterocycles. The van der Waals surface area contributed by atoms with Crippen LogP contribution in [-0.4, -0.2) is 9.97 Å². The van der Waals surface area contributed by atoms with Crippen molar-refractivity contribution in [2.24, 2.45) is 0 Å². The molecule has 0 aliphatic rings. The van der Waals surface area contributed by atoms with E-state index in [9.17, 15) is 0 Å². The first-order chi connectivity index (χ1) is 10.8. The van der Waals surface area contributed by atoms with E-state index in [4.69, 9.17) is 0 Å². The Morgan fingerprint density at radius 2 is 1.91 bits per heavy atom. The molecule has 22 heavy (non-hydrogen) atoms. The van der Waals surface area contributed by atoms with Crippen molar-refractivity contribution in [3.05, 3.63) is 78.6 Å². The van der Waals surface area contributed by atoms with Gasteiger partial charge in [-0.05, 0) is 53.9 Å².